The van der Waals surface area contributed by atoms with Crippen LogP contribution in [0, 0.1) is 5.92 Å². The van der Waals surface area contributed by atoms with Crippen LogP contribution in [0.3, 0.4) is 0 Å². The van der Waals surface area contributed by atoms with Crippen molar-refractivity contribution < 1.29 is 9.59 Å². The van der Waals surface area contributed by atoms with E-state index in [9.17, 15) is 9.59 Å². The lowest BCUT2D eigenvalue weighted by molar-refractivity contribution is -0.118. The average molecular weight is 578 g/mol. The van der Waals surface area contributed by atoms with Crippen LogP contribution in [-0.2, 0) is 11.2 Å². The highest BCUT2D eigenvalue weighted by molar-refractivity contribution is 6.07. The molecule has 0 aromatic heterocycles. The van der Waals surface area contributed by atoms with E-state index in [4.69, 9.17) is 0 Å². The van der Waals surface area contributed by atoms with Gasteiger partial charge >= 0.3 is 0 Å². The number of para-hydroxylation sites is 1. The van der Waals surface area contributed by atoms with Crippen molar-refractivity contribution in [1.29, 1.82) is 0 Å². The van der Waals surface area contributed by atoms with Gasteiger partial charge in [-0.25, -0.2) is 0 Å². The second-order valence-electron chi connectivity index (χ2n) is 11.7. The molecule has 1 saturated heterocycles. The summed E-state index contributed by atoms with van der Waals surface area (Å²) in [5.74, 6) is 0.0101. The number of benzene rings is 5. The molecule has 1 aliphatic heterocycles. The van der Waals surface area contributed by atoms with Crippen LogP contribution in [-0.4, -0.2) is 24.9 Å². The van der Waals surface area contributed by atoms with Crippen LogP contribution >= 0.6 is 0 Å². The molecule has 1 atom stereocenters. The first-order valence-corrected chi connectivity index (χ1v) is 15.4. The van der Waals surface area contributed by atoms with Crippen molar-refractivity contribution in [3.05, 3.63) is 150 Å². The van der Waals surface area contributed by atoms with Crippen molar-refractivity contribution in [3.8, 4) is 11.1 Å². The second kappa shape index (κ2) is 12.2. The third-order valence-corrected chi connectivity index (χ3v) is 9.08. The van der Waals surface area contributed by atoms with Gasteiger partial charge in [-0.1, -0.05) is 84.9 Å². The molecule has 5 aromatic carbocycles. The smallest absolute Gasteiger partial charge is 0.255 e. The quantitative estimate of drug-likeness (QED) is 0.201. The maximum atomic E-state index is 13.6. The van der Waals surface area contributed by atoms with Gasteiger partial charge in [-0.05, 0) is 95.5 Å². The van der Waals surface area contributed by atoms with Crippen molar-refractivity contribution in [2.24, 2.45) is 5.92 Å². The van der Waals surface area contributed by atoms with Gasteiger partial charge in [-0.2, -0.15) is 0 Å². The molecule has 1 fully saturated rings. The largest absolute Gasteiger partial charge is 0.372 e. The van der Waals surface area contributed by atoms with Crippen LogP contribution in [0.5, 0.6) is 0 Å². The minimum absolute atomic E-state index is 0.0499. The number of nitrogens with zero attached hydrogens (tertiary/aromatic N) is 1. The lowest BCUT2D eigenvalue weighted by Crippen LogP contribution is -2.38. The third-order valence-electron chi connectivity index (χ3n) is 9.08. The molecule has 7 rings (SSSR count). The molecular weight excluding hydrogens is 542 g/mol. The molecule has 0 spiro atoms. The van der Waals surface area contributed by atoms with E-state index in [1.165, 1.54) is 11.1 Å². The maximum absolute atomic E-state index is 13.6. The number of fused-ring (bicyclic) bond motifs is 3. The number of carbonyl (C=O) groups is 2. The van der Waals surface area contributed by atoms with Crippen LogP contribution in [0.1, 0.15) is 45.8 Å². The summed E-state index contributed by atoms with van der Waals surface area (Å²) < 4.78 is 0. The Morgan fingerprint density at radius 3 is 2.02 bits per heavy atom. The zero-order valence-corrected chi connectivity index (χ0v) is 24.6. The highest BCUT2D eigenvalue weighted by Gasteiger charge is 2.33. The van der Waals surface area contributed by atoms with Crippen LogP contribution in [0.25, 0.3) is 11.1 Å². The molecule has 0 bridgehead atoms. The summed E-state index contributed by atoms with van der Waals surface area (Å²) in [6, 6.07) is 42.3. The Hall–Kier alpha value is -5.16. The maximum Gasteiger partial charge on any atom is 0.255 e. The number of amides is 2. The van der Waals surface area contributed by atoms with E-state index in [1.807, 2.05) is 72.8 Å². The average Bonchev–Trinajstić information content (AvgIpc) is 3.46. The minimum Gasteiger partial charge on any atom is -0.372 e. The van der Waals surface area contributed by atoms with E-state index in [1.54, 1.807) is 0 Å². The van der Waals surface area contributed by atoms with E-state index in [-0.39, 0.29) is 23.7 Å². The summed E-state index contributed by atoms with van der Waals surface area (Å²) in [6.07, 6.45) is 2.62. The van der Waals surface area contributed by atoms with Gasteiger partial charge < -0.3 is 15.5 Å². The summed E-state index contributed by atoms with van der Waals surface area (Å²) in [5, 5.41) is 6.26. The molecule has 1 aliphatic carbocycles. The molecule has 1 unspecified atom stereocenters. The summed E-state index contributed by atoms with van der Waals surface area (Å²) in [5.41, 5.74) is 9.26. The van der Waals surface area contributed by atoms with E-state index in [0.717, 1.165) is 71.7 Å². The van der Waals surface area contributed by atoms with Gasteiger partial charge in [0.25, 0.3) is 5.91 Å². The molecule has 2 amide bonds. The second-order valence-corrected chi connectivity index (χ2v) is 11.7. The predicted octanol–water partition coefficient (Wildman–Crippen LogP) is 8.15. The van der Waals surface area contributed by atoms with Crippen LogP contribution in [0.15, 0.2) is 127 Å². The third kappa shape index (κ3) is 5.61. The highest BCUT2D eigenvalue weighted by atomic mass is 16.2. The SMILES string of the molecule is O=C(Nc1ccc(N2CCC(C(C(=O)Nc3ccccc3)c3ccccc3)CC2)cc1)c1cccc2c1Cc1ccccc1-2. The van der Waals surface area contributed by atoms with Gasteiger partial charge in [-0.3, -0.25) is 9.59 Å². The van der Waals surface area contributed by atoms with Gasteiger partial charge in [-0.15, -0.1) is 0 Å². The molecule has 0 saturated carbocycles. The fourth-order valence-corrected chi connectivity index (χ4v) is 6.85. The number of nitrogens with one attached hydrogen (secondary N) is 2. The first-order chi connectivity index (χ1) is 21.6. The highest BCUT2D eigenvalue weighted by Crippen LogP contribution is 2.39. The number of piperidine rings is 1. The Labute approximate surface area is 258 Å². The molecule has 0 radical (unpaired) electrons. The van der Waals surface area contributed by atoms with E-state index in [0.29, 0.717) is 0 Å². The molecule has 2 aliphatic rings. The normalized spacial score (nSPS) is 14.8. The zero-order valence-electron chi connectivity index (χ0n) is 24.6. The van der Waals surface area contributed by atoms with Gasteiger partial charge in [0.15, 0.2) is 0 Å². The van der Waals surface area contributed by atoms with Crippen molar-refractivity contribution >= 4 is 28.9 Å². The predicted molar refractivity (Wildman–Crippen MR) is 178 cm³/mol. The first kappa shape index (κ1) is 27.7. The minimum atomic E-state index is -0.205. The van der Waals surface area contributed by atoms with Crippen LogP contribution in [0.4, 0.5) is 17.1 Å². The van der Waals surface area contributed by atoms with Crippen molar-refractivity contribution in [1.82, 2.24) is 0 Å². The van der Waals surface area contributed by atoms with Gasteiger partial charge in [0.1, 0.15) is 0 Å². The monoisotopic (exact) mass is 577 g/mol. The number of anilines is 3. The number of carbonyl (C=O) groups excluding carboxylic acids is 2. The summed E-state index contributed by atoms with van der Waals surface area (Å²) in [7, 11) is 0. The summed E-state index contributed by atoms with van der Waals surface area (Å²) in [4.78, 5) is 29.3. The Kier molecular flexibility index (Phi) is 7.68. The van der Waals surface area contributed by atoms with Gasteiger partial charge in [0.2, 0.25) is 5.91 Å². The Balaban J connectivity index is 1.00. The van der Waals surface area contributed by atoms with Crippen LogP contribution in [0.2, 0.25) is 0 Å². The summed E-state index contributed by atoms with van der Waals surface area (Å²) >= 11 is 0. The molecule has 218 valence electrons. The Bertz CT molecular complexity index is 1780. The number of rotatable bonds is 7. The lowest BCUT2D eigenvalue weighted by atomic mass is 9.79. The molecule has 5 nitrogen and oxygen atoms in total. The van der Waals surface area contributed by atoms with Gasteiger partial charge in [0.05, 0.1) is 5.92 Å². The zero-order chi connectivity index (χ0) is 29.9. The Morgan fingerprint density at radius 2 is 1.27 bits per heavy atom. The standard InChI is InChI=1S/C39H35N3O2/c43-38(35-17-9-16-34-33-15-8-7-12-29(33)26-36(34)35)40-31-18-20-32(21-19-31)42-24-22-28(23-25-42)37(27-10-3-1-4-11-27)39(44)41-30-13-5-2-6-14-30/h1-21,28,37H,22-26H2,(H,40,43)(H,41,44). The van der Waals surface area contributed by atoms with Crippen molar-refractivity contribution in [2.75, 3.05) is 28.6 Å². The Morgan fingerprint density at radius 1 is 0.636 bits per heavy atom. The molecule has 5 heteroatoms. The molecule has 44 heavy (non-hydrogen) atoms. The van der Waals surface area contributed by atoms with E-state index < -0.39 is 0 Å². The fourth-order valence-electron chi connectivity index (χ4n) is 6.85. The van der Waals surface area contributed by atoms with E-state index >= 15 is 0 Å². The molecule has 1 heterocycles. The first-order valence-electron chi connectivity index (χ1n) is 15.4. The molecule has 5 aromatic rings. The fraction of sp³-hybridized carbons (Fsp3) is 0.179. The number of hydrogen-bond acceptors (Lipinski definition) is 3. The van der Waals surface area contributed by atoms with Gasteiger partial charge in [0, 0.05) is 35.7 Å². The topological polar surface area (TPSA) is 61.4 Å². The molecular formula is C39H35N3O2. The number of hydrogen-bond donors (Lipinski definition) is 2. The van der Waals surface area contributed by atoms with Crippen molar-refractivity contribution in [2.45, 2.75) is 25.2 Å². The summed E-state index contributed by atoms with van der Waals surface area (Å²) in [6.45, 7) is 1.74. The van der Waals surface area contributed by atoms with E-state index in [2.05, 4.69) is 70.1 Å². The molecule has 2 N–H and O–H groups in total. The lowest BCUT2D eigenvalue weighted by Gasteiger charge is -2.37. The van der Waals surface area contributed by atoms with Crippen molar-refractivity contribution in [3.63, 3.8) is 0 Å². The van der Waals surface area contributed by atoms with Crippen LogP contribution < -0.4 is 15.5 Å².